The lowest BCUT2D eigenvalue weighted by atomic mass is 9.94. The zero-order valence-corrected chi connectivity index (χ0v) is 9.24. The molecule has 0 saturated carbocycles. The molecule has 0 heterocycles. The summed E-state index contributed by atoms with van der Waals surface area (Å²) in [6, 6.07) is 10.6. The molecule has 2 unspecified atom stereocenters. The van der Waals surface area contributed by atoms with Crippen LogP contribution in [0.1, 0.15) is 44.7 Å². The quantitative estimate of drug-likeness (QED) is 0.757. The molecule has 1 aromatic rings. The molecule has 0 aliphatic rings. The average Bonchev–Trinajstić information content (AvgIpc) is 2.19. The first-order valence-corrected chi connectivity index (χ1v) is 5.54. The standard InChI is InChI=1S/C13H21N/c1-3-7-11(2)10-13(14)12-8-5-4-6-9-12/h4-6,8-9,11,13H,3,7,10,14H2,1-2H3. The van der Waals surface area contributed by atoms with Gasteiger partial charge in [0.15, 0.2) is 0 Å². The third kappa shape index (κ3) is 3.51. The highest BCUT2D eigenvalue weighted by atomic mass is 14.6. The van der Waals surface area contributed by atoms with Crippen LogP contribution < -0.4 is 5.73 Å². The molecule has 0 fully saturated rings. The van der Waals surface area contributed by atoms with Crippen LogP contribution in [0, 0.1) is 5.92 Å². The Morgan fingerprint density at radius 1 is 1.21 bits per heavy atom. The number of hydrogen-bond acceptors (Lipinski definition) is 1. The number of nitrogens with two attached hydrogens (primary N) is 1. The molecule has 2 N–H and O–H groups in total. The summed E-state index contributed by atoms with van der Waals surface area (Å²) in [6.45, 7) is 4.51. The lowest BCUT2D eigenvalue weighted by Gasteiger charge is -2.16. The van der Waals surface area contributed by atoms with E-state index in [1.807, 2.05) is 6.07 Å². The van der Waals surface area contributed by atoms with E-state index in [2.05, 4.69) is 38.1 Å². The molecule has 0 spiro atoms. The molecular weight excluding hydrogens is 170 g/mol. The van der Waals surface area contributed by atoms with Crippen molar-refractivity contribution in [1.29, 1.82) is 0 Å². The van der Waals surface area contributed by atoms with Gasteiger partial charge in [0, 0.05) is 6.04 Å². The van der Waals surface area contributed by atoms with E-state index in [0.717, 1.165) is 12.3 Å². The van der Waals surface area contributed by atoms with Crippen molar-refractivity contribution in [3.63, 3.8) is 0 Å². The van der Waals surface area contributed by atoms with E-state index in [4.69, 9.17) is 5.73 Å². The summed E-state index contributed by atoms with van der Waals surface area (Å²) in [5.74, 6) is 0.732. The summed E-state index contributed by atoms with van der Waals surface area (Å²) >= 11 is 0. The second-order valence-corrected chi connectivity index (χ2v) is 4.15. The predicted molar refractivity (Wildman–Crippen MR) is 62.1 cm³/mol. The monoisotopic (exact) mass is 191 g/mol. The van der Waals surface area contributed by atoms with Crippen molar-refractivity contribution in [2.75, 3.05) is 0 Å². The van der Waals surface area contributed by atoms with E-state index in [0.29, 0.717) is 0 Å². The number of rotatable bonds is 5. The van der Waals surface area contributed by atoms with Gasteiger partial charge in [0.05, 0.1) is 0 Å². The molecule has 0 bridgehead atoms. The van der Waals surface area contributed by atoms with Crippen molar-refractivity contribution in [3.8, 4) is 0 Å². The SMILES string of the molecule is CCCC(C)CC(N)c1ccccc1. The van der Waals surface area contributed by atoms with E-state index >= 15 is 0 Å². The fourth-order valence-corrected chi connectivity index (χ4v) is 1.88. The lowest BCUT2D eigenvalue weighted by Crippen LogP contribution is -2.13. The van der Waals surface area contributed by atoms with Crippen LogP contribution in [0.3, 0.4) is 0 Å². The van der Waals surface area contributed by atoms with Crippen molar-refractivity contribution in [3.05, 3.63) is 35.9 Å². The molecule has 0 aliphatic heterocycles. The van der Waals surface area contributed by atoms with Crippen LogP contribution >= 0.6 is 0 Å². The summed E-state index contributed by atoms with van der Waals surface area (Å²) in [5.41, 5.74) is 7.39. The van der Waals surface area contributed by atoms with Crippen molar-refractivity contribution in [1.82, 2.24) is 0 Å². The highest BCUT2D eigenvalue weighted by Gasteiger charge is 2.09. The summed E-state index contributed by atoms with van der Waals surface area (Å²) in [4.78, 5) is 0. The van der Waals surface area contributed by atoms with Gasteiger partial charge in [0.1, 0.15) is 0 Å². The Bertz CT molecular complexity index is 243. The van der Waals surface area contributed by atoms with Gasteiger partial charge in [0.2, 0.25) is 0 Å². The van der Waals surface area contributed by atoms with Gasteiger partial charge in [-0.3, -0.25) is 0 Å². The summed E-state index contributed by atoms with van der Waals surface area (Å²) < 4.78 is 0. The van der Waals surface area contributed by atoms with Gasteiger partial charge in [-0.2, -0.15) is 0 Å². The lowest BCUT2D eigenvalue weighted by molar-refractivity contribution is 0.440. The molecule has 0 saturated heterocycles. The fourth-order valence-electron chi connectivity index (χ4n) is 1.88. The molecule has 1 aromatic carbocycles. The minimum Gasteiger partial charge on any atom is -0.324 e. The van der Waals surface area contributed by atoms with Crippen LogP contribution in [0.15, 0.2) is 30.3 Å². The molecule has 0 radical (unpaired) electrons. The van der Waals surface area contributed by atoms with Gasteiger partial charge in [-0.05, 0) is 17.9 Å². The van der Waals surface area contributed by atoms with Gasteiger partial charge >= 0.3 is 0 Å². The zero-order chi connectivity index (χ0) is 10.4. The Morgan fingerprint density at radius 2 is 1.86 bits per heavy atom. The zero-order valence-electron chi connectivity index (χ0n) is 9.24. The summed E-state index contributed by atoms with van der Waals surface area (Å²) in [7, 11) is 0. The molecule has 14 heavy (non-hydrogen) atoms. The number of hydrogen-bond donors (Lipinski definition) is 1. The van der Waals surface area contributed by atoms with Crippen molar-refractivity contribution < 1.29 is 0 Å². The van der Waals surface area contributed by atoms with Crippen LogP contribution in [0.2, 0.25) is 0 Å². The Labute approximate surface area is 87.3 Å². The molecule has 1 nitrogen and oxygen atoms in total. The van der Waals surface area contributed by atoms with Crippen molar-refractivity contribution >= 4 is 0 Å². The van der Waals surface area contributed by atoms with E-state index in [1.54, 1.807) is 0 Å². The smallest absolute Gasteiger partial charge is 0.0297 e. The summed E-state index contributed by atoms with van der Waals surface area (Å²) in [5, 5.41) is 0. The van der Waals surface area contributed by atoms with Crippen molar-refractivity contribution in [2.24, 2.45) is 11.7 Å². The molecule has 1 rings (SSSR count). The Balaban J connectivity index is 2.46. The normalized spacial score (nSPS) is 15.1. The Kier molecular flexibility index (Phi) is 4.68. The van der Waals surface area contributed by atoms with Gasteiger partial charge in [-0.15, -0.1) is 0 Å². The predicted octanol–water partition coefficient (Wildman–Crippen LogP) is 3.51. The van der Waals surface area contributed by atoms with Gasteiger partial charge in [-0.1, -0.05) is 57.0 Å². The highest BCUT2D eigenvalue weighted by molar-refractivity contribution is 5.18. The third-order valence-electron chi connectivity index (χ3n) is 2.67. The molecule has 0 amide bonds. The van der Waals surface area contributed by atoms with E-state index in [9.17, 15) is 0 Å². The minimum absolute atomic E-state index is 0.206. The first-order valence-electron chi connectivity index (χ1n) is 5.54. The maximum Gasteiger partial charge on any atom is 0.0297 e. The first-order chi connectivity index (χ1) is 6.74. The first kappa shape index (κ1) is 11.3. The topological polar surface area (TPSA) is 26.0 Å². The van der Waals surface area contributed by atoms with Gasteiger partial charge in [0.25, 0.3) is 0 Å². The van der Waals surface area contributed by atoms with Crippen LogP contribution in [0.5, 0.6) is 0 Å². The van der Waals surface area contributed by atoms with E-state index in [1.165, 1.54) is 18.4 Å². The molecule has 0 aromatic heterocycles. The largest absolute Gasteiger partial charge is 0.324 e. The Morgan fingerprint density at radius 3 is 2.43 bits per heavy atom. The van der Waals surface area contributed by atoms with Gasteiger partial charge in [-0.25, -0.2) is 0 Å². The minimum atomic E-state index is 0.206. The third-order valence-corrected chi connectivity index (χ3v) is 2.67. The molecule has 0 aliphatic carbocycles. The molecule has 2 atom stereocenters. The average molecular weight is 191 g/mol. The second kappa shape index (κ2) is 5.82. The fraction of sp³-hybridized carbons (Fsp3) is 0.538. The van der Waals surface area contributed by atoms with Crippen molar-refractivity contribution in [2.45, 2.75) is 39.2 Å². The van der Waals surface area contributed by atoms with Crippen LogP contribution in [0.25, 0.3) is 0 Å². The summed E-state index contributed by atoms with van der Waals surface area (Å²) in [6.07, 6.45) is 3.63. The maximum atomic E-state index is 6.13. The molecule has 78 valence electrons. The van der Waals surface area contributed by atoms with Crippen LogP contribution in [0.4, 0.5) is 0 Å². The molecule has 1 heteroatoms. The van der Waals surface area contributed by atoms with E-state index in [-0.39, 0.29) is 6.04 Å². The van der Waals surface area contributed by atoms with E-state index < -0.39 is 0 Å². The maximum absolute atomic E-state index is 6.13. The van der Waals surface area contributed by atoms with Crippen LogP contribution in [-0.2, 0) is 0 Å². The van der Waals surface area contributed by atoms with Gasteiger partial charge < -0.3 is 5.73 Å². The molecular formula is C13H21N. The second-order valence-electron chi connectivity index (χ2n) is 4.15. The highest BCUT2D eigenvalue weighted by Crippen LogP contribution is 2.21. The van der Waals surface area contributed by atoms with Crippen LogP contribution in [-0.4, -0.2) is 0 Å². The number of benzene rings is 1. The Hall–Kier alpha value is -0.820.